The van der Waals surface area contributed by atoms with Crippen LogP contribution >= 0.6 is 11.3 Å². The summed E-state index contributed by atoms with van der Waals surface area (Å²) in [6.07, 6.45) is 1.44. The number of amides is 1. The van der Waals surface area contributed by atoms with Gasteiger partial charge in [-0.05, 0) is 12.1 Å². The highest BCUT2D eigenvalue weighted by Gasteiger charge is 2.10. The topological polar surface area (TPSA) is 68.0 Å². The molecule has 2 aromatic carbocycles. The number of aromatic nitrogens is 2. The van der Waals surface area contributed by atoms with Crippen molar-refractivity contribution in [1.29, 1.82) is 0 Å². The summed E-state index contributed by atoms with van der Waals surface area (Å²) in [6.45, 7) is 0. The second kappa shape index (κ2) is 6.70. The molecule has 4 aromatic rings. The minimum Gasteiger partial charge on any atom is -0.351 e. The summed E-state index contributed by atoms with van der Waals surface area (Å²) in [4.78, 5) is 16.6. The molecule has 0 atom stereocenters. The van der Waals surface area contributed by atoms with Gasteiger partial charge in [0.2, 0.25) is 5.76 Å². The second-order valence-corrected chi connectivity index (χ2v) is 6.17. The van der Waals surface area contributed by atoms with Crippen LogP contribution in [0, 0.1) is 0 Å². The number of benzene rings is 2. The lowest BCUT2D eigenvalue weighted by atomic mass is 10.1. The Kier molecular flexibility index (Phi) is 4.10. The zero-order valence-corrected chi connectivity index (χ0v) is 13.9. The van der Waals surface area contributed by atoms with Crippen LogP contribution in [0.25, 0.3) is 21.8 Å². The Morgan fingerprint density at radius 3 is 2.48 bits per heavy atom. The zero-order chi connectivity index (χ0) is 17.1. The number of hydrogen-bond acceptors (Lipinski definition) is 5. The third-order valence-electron chi connectivity index (χ3n) is 3.63. The summed E-state index contributed by atoms with van der Waals surface area (Å²) >= 11 is 1.61. The van der Waals surface area contributed by atoms with E-state index in [0.29, 0.717) is 5.69 Å². The molecule has 0 aliphatic heterocycles. The number of nitrogens with one attached hydrogen (secondary N) is 1. The van der Waals surface area contributed by atoms with Gasteiger partial charge in [0.15, 0.2) is 0 Å². The molecule has 0 aliphatic carbocycles. The molecule has 0 saturated carbocycles. The fourth-order valence-corrected chi connectivity index (χ4v) is 3.20. The second-order valence-electron chi connectivity index (χ2n) is 5.31. The van der Waals surface area contributed by atoms with Crippen molar-refractivity contribution >= 4 is 22.9 Å². The lowest BCUT2D eigenvalue weighted by Crippen LogP contribution is -2.10. The average Bonchev–Trinajstić information content (AvgIpc) is 3.35. The highest BCUT2D eigenvalue weighted by Crippen LogP contribution is 2.29. The summed E-state index contributed by atoms with van der Waals surface area (Å²) in [5.41, 5.74) is 3.70. The van der Waals surface area contributed by atoms with Crippen molar-refractivity contribution in [3.8, 4) is 21.8 Å². The molecular formula is C19H13N3O2S. The van der Waals surface area contributed by atoms with Gasteiger partial charge in [-0.15, -0.1) is 11.3 Å². The number of thiazole rings is 1. The number of rotatable bonds is 4. The molecule has 5 nitrogen and oxygen atoms in total. The largest absolute Gasteiger partial charge is 0.351 e. The van der Waals surface area contributed by atoms with Crippen molar-refractivity contribution in [3.05, 3.63) is 78.0 Å². The van der Waals surface area contributed by atoms with Crippen molar-refractivity contribution in [2.24, 2.45) is 0 Å². The van der Waals surface area contributed by atoms with Crippen LogP contribution in [0.2, 0.25) is 0 Å². The Morgan fingerprint density at radius 2 is 1.76 bits per heavy atom. The normalized spacial score (nSPS) is 10.6. The van der Waals surface area contributed by atoms with Gasteiger partial charge in [0, 0.05) is 28.3 Å². The summed E-state index contributed by atoms with van der Waals surface area (Å²) in [5, 5.41) is 9.30. The fraction of sp³-hybridized carbons (Fsp3) is 0. The van der Waals surface area contributed by atoms with E-state index in [1.807, 2.05) is 60.0 Å². The quantitative estimate of drug-likeness (QED) is 0.580. The number of carbonyl (C=O) groups is 1. The van der Waals surface area contributed by atoms with E-state index in [9.17, 15) is 4.79 Å². The van der Waals surface area contributed by atoms with Gasteiger partial charge in [0.05, 0.1) is 11.9 Å². The van der Waals surface area contributed by atoms with Crippen molar-refractivity contribution < 1.29 is 9.32 Å². The Balaban J connectivity index is 1.51. The van der Waals surface area contributed by atoms with E-state index in [2.05, 4.69) is 15.5 Å². The third kappa shape index (κ3) is 3.34. The van der Waals surface area contributed by atoms with Crippen molar-refractivity contribution in [2.75, 3.05) is 5.32 Å². The van der Waals surface area contributed by atoms with Crippen LogP contribution in [0.1, 0.15) is 10.6 Å². The predicted molar refractivity (Wildman–Crippen MR) is 97.4 cm³/mol. The van der Waals surface area contributed by atoms with Gasteiger partial charge in [-0.2, -0.15) is 0 Å². The number of anilines is 1. The lowest BCUT2D eigenvalue weighted by Gasteiger charge is -2.03. The van der Waals surface area contributed by atoms with Gasteiger partial charge >= 0.3 is 0 Å². The smallest absolute Gasteiger partial charge is 0.294 e. The van der Waals surface area contributed by atoms with Crippen molar-refractivity contribution in [3.63, 3.8) is 0 Å². The fourth-order valence-electron chi connectivity index (χ4n) is 2.37. The first kappa shape index (κ1) is 15.3. The summed E-state index contributed by atoms with van der Waals surface area (Å²) in [5.74, 6) is -0.152. The maximum Gasteiger partial charge on any atom is 0.294 e. The molecule has 0 saturated heterocycles. The first-order valence-corrected chi connectivity index (χ1v) is 8.51. The maximum absolute atomic E-state index is 11.9. The summed E-state index contributed by atoms with van der Waals surface area (Å²) in [7, 11) is 0. The SMILES string of the molecule is O=C(Nc1ccc(-c2csc(-c3ccccc3)n2)cc1)c1ccno1. The van der Waals surface area contributed by atoms with Gasteiger partial charge < -0.3 is 9.84 Å². The molecule has 0 unspecified atom stereocenters. The highest BCUT2D eigenvalue weighted by atomic mass is 32.1. The lowest BCUT2D eigenvalue weighted by molar-refractivity contribution is 0.0988. The standard InChI is InChI=1S/C19H13N3O2S/c23-18(17-10-11-20-24-17)21-15-8-6-13(7-9-15)16-12-25-19(22-16)14-4-2-1-3-5-14/h1-12H,(H,21,23). The van der Waals surface area contributed by atoms with E-state index in [0.717, 1.165) is 21.8 Å². The molecule has 1 N–H and O–H groups in total. The van der Waals surface area contributed by atoms with Crippen LogP contribution in [0.4, 0.5) is 5.69 Å². The Morgan fingerprint density at radius 1 is 0.960 bits per heavy atom. The van der Waals surface area contributed by atoms with Crippen LogP contribution in [0.3, 0.4) is 0 Å². The van der Waals surface area contributed by atoms with E-state index in [1.54, 1.807) is 11.3 Å². The molecule has 122 valence electrons. The highest BCUT2D eigenvalue weighted by molar-refractivity contribution is 7.13. The molecule has 6 heteroatoms. The van der Waals surface area contributed by atoms with E-state index >= 15 is 0 Å². The van der Waals surface area contributed by atoms with Gasteiger partial charge in [0.1, 0.15) is 5.01 Å². The molecule has 0 radical (unpaired) electrons. The molecule has 0 aliphatic rings. The summed E-state index contributed by atoms with van der Waals surface area (Å²) in [6, 6.07) is 19.1. The first-order chi connectivity index (χ1) is 12.3. The average molecular weight is 347 g/mol. The molecule has 2 aromatic heterocycles. The first-order valence-electron chi connectivity index (χ1n) is 7.63. The van der Waals surface area contributed by atoms with Crippen molar-refractivity contribution in [2.45, 2.75) is 0 Å². The third-order valence-corrected chi connectivity index (χ3v) is 4.52. The number of hydrogen-bond donors (Lipinski definition) is 1. The molecule has 2 heterocycles. The van der Waals surface area contributed by atoms with Crippen LogP contribution in [0.5, 0.6) is 0 Å². The molecule has 25 heavy (non-hydrogen) atoms. The van der Waals surface area contributed by atoms with Gasteiger partial charge in [-0.25, -0.2) is 4.98 Å². The minimum atomic E-state index is -0.328. The van der Waals surface area contributed by atoms with Crippen LogP contribution in [-0.4, -0.2) is 16.0 Å². The van der Waals surface area contributed by atoms with Crippen LogP contribution in [0.15, 0.2) is 76.8 Å². The van der Waals surface area contributed by atoms with Crippen LogP contribution in [-0.2, 0) is 0 Å². The monoisotopic (exact) mass is 347 g/mol. The van der Waals surface area contributed by atoms with E-state index in [1.165, 1.54) is 12.3 Å². The van der Waals surface area contributed by atoms with E-state index in [4.69, 9.17) is 4.52 Å². The Labute approximate surface area is 148 Å². The number of nitrogens with zero attached hydrogens (tertiary/aromatic N) is 2. The zero-order valence-electron chi connectivity index (χ0n) is 13.0. The molecular weight excluding hydrogens is 334 g/mol. The van der Waals surface area contributed by atoms with Crippen molar-refractivity contribution in [1.82, 2.24) is 10.1 Å². The van der Waals surface area contributed by atoms with Gasteiger partial charge in [-0.3, -0.25) is 4.79 Å². The van der Waals surface area contributed by atoms with Crippen LogP contribution < -0.4 is 5.32 Å². The predicted octanol–water partition coefficient (Wildman–Crippen LogP) is 4.72. The Hall–Kier alpha value is -3.25. The molecule has 4 rings (SSSR count). The van der Waals surface area contributed by atoms with E-state index < -0.39 is 0 Å². The molecule has 1 amide bonds. The van der Waals surface area contributed by atoms with Gasteiger partial charge in [-0.1, -0.05) is 47.6 Å². The number of carbonyl (C=O) groups excluding carboxylic acids is 1. The molecule has 0 fully saturated rings. The minimum absolute atomic E-state index is 0.177. The van der Waals surface area contributed by atoms with E-state index in [-0.39, 0.29) is 11.7 Å². The van der Waals surface area contributed by atoms with Gasteiger partial charge in [0.25, 0.3) is 5.91 Å². The molecule has 0 bridgehead atoms. The molecule has 0 spiro atoms. The Bertz CT molecular complexity index is 977. The summed E-state index contributed by atoms with van der Waals surface area (Å²) < 4.78 is 4.83. The maximum atomic E-state index is 11.9.